The molecule has 0 heterocycles. The van der Waals surface area contributed by atoms with Crippen LogP contribution in [0.15, 0.2) is 0 Å². The lowest BCUT2D eigenvalue weighted by atomic mass is 10.1. The molecular formula is C15H21F5O3Si. The van der Waals surface area contributed by atoms with Crippen LogP contribution in [-0.4, -0.2) is 22.0 Å². The number of hydrogen-bond acceptors (Lipinski definition) is 3. The van der Waals surface area contributed by atoms with E-state index in [0.29, 0.717) is 12.5 Å². The standard InChI is InChI=1S/C15H21F5O3Si/c1-5-8-24(21-6-2,22-7-3)23-9(4)10-11(16)13(18)15(20)14(19)12(10)17/h9H,5-8H2,1-4H3. The third-order valence-corrected chi connectivity index (χ3v) is 6.57. The van der Waals surface area contributed by atoms with E-state index >= 15 is 0 Å². The van der Waals surface area contributed by atoms with Crippen LogP contribution in [0, 0.1) is 29.1 Å². The zero-order valence-electron chi connectivity index (χ0n) is 14.0. The first kappa shape index (κ1) is 21.0. The van der Waals surface area contributed by atoms with E-state index < -0.39 is 49.6 Å². The Morgan fingerprint density at radius 1 is 0.792 bits per heavy atom. The molecule has 1 rings (SSSR count). The summed E-state index contributed by atoms with van der Waals surface area (Å²) in [7, 11) is -3.31. The van der Waals surface area contributed by atoms with E-state index in [-0.39, 0.29) is 13.2 Å². The molecule has 0 saturated heterocycles. The minimum absolute atomic E-state index is 0.232. The van der Waals surface area contributed by atoms with E-state index in [9.17, 15) is 22.0 Å². The smallest absolute Gasteiger partial charge is 0.374 e. The van der Waals surface area contributed by atoms with E-state index in [1.807, 2.05) is 6.92 Å². The molecule has 1 aromatic carbocycles. The lowest BCUT2D eigenvalue weighted by Crippen LogP contribution is -2.46. The van der Waals surface area contributed by atoms with E-state index in [2.05, 4.69) is 0 Å². The molecule has 0 bridgehead atoms. The maximum absolute atomic E-state index is 13.9. The molecule has 0 N–H and O–H groups in total. The molecule has 0 aliphatic carbocycles. The molecule has 0 aromatic heterocycles. The first-order valence-corrected chi connectivity index (χ1v) is 9.64. The van der Waals surface area contributed by atoms with E-state index in [1.165, 1.54) is 6.92 Å². The van der Waals surface area contributed by atoms with Gasteiger partial charge in [0.05, 0.1) is 11.7 Å². The zero-order valence-corrected chi connectivity index (χ0v) is 15.0. The summed E-state index contributed by atoms with van der Waals surface area (Å²) >= 11 is 0. The summed E-state index contributed by atoms with van der Waals surface area (Å²) in [5.41, 5.74) is -1.03. The highest BCUT2D eigenvalue weighted by Gasteiger charge is 2.43. The van der Waals surface area contributed by atoms with Gasteiger partial charge in [-0.05, 0) is 20.8 Å². The number of hydrogen-bond donors (Lipinski definition) is 0. The molecule has 0 aliphatic heterocycles. The van der Waals surface area contributed by atoms with Gasteiger partial charge < -0.3 is 13.3 Å². The Kier molecular flexibility index (Phi) is 7.78. The van der Waals surface area contributed by atoms with Crippen LogP contribution in [0.2, 0.25) is 6.04 Å². The number of halogens is 5. The second kappa shape index (κ2) is 8.89. The molecule has 138 valence electrons. The van der Waals surface area contributed by atoms with Crippen LogP contribution in [-0.2, 0) is 13.3 Å². The lowest BCUT2D eigenvalue weighted by Gasteiger charge is -2.32. The lowest BCUT2D eigenvalue weighted by molar-refractivity contribution is 0.0347. The molecule has 0 saturated carbocycles. The van der Waals surface area contributed by atoms with Gasteiger partial charge in [0.1, 0.15) is 0 Å². The minimum atomic E-state index is -3.31. The SMILES string of the molecule is CCC[Si](OCC)(OCC)OC(C)c1c(F)c(F)c(F)c(F)c1F. The van der Waals surface area contributed by atoms with Gasteiger partial charge in [-0.1, -0.05) is 13.3 Å². The second-order valence-corrected chi connectivity index (χ2v) is 7.72. The van der Waals surface area contributed by atoms with Crippen molar-refractivity contribution in [1.29, 1.82) is 0 Å². The zero-order chi connectivity index (χ0) is 18.5. The fourth-order valence-electron chi connectivity index (χ4n) is 2.37. The second-order valence-electron chi connectivity index (χ2n) is 5.04. The van der Waals surface area contributed by atoms with Crippen LogP contribution in [0.4, 0.5) is 22.0 Å². The summed E-state index contributed by atoms with van der Waals surface area (Å²) in [5.74, 6) is -10.0. The average Bonchev–Trinajstić information content (AvgIpc) is 2.52. The maximum Gasteiger partial charge on any atom is 0.501 e. The third-order valence-electron chi connectivity index (χ3n) is 3.29. The predicted octanol–water partition coefficient (Wildman–Crippen LogP) is 4.88. The summed E-state index contributed by atoms with van der Waals surface area (Å²) in [5, 5.41) is 0. The van der Waals surface area contributed by atoms with E-state index in [0.717, 1.165) is 0 Å². The third kappa shape index (κ3) is 4.32. The molecule has 9 heteroatoms. The van der Waals surface area contributed by atoms with Crippen molar-refractivity contribution in [2.75, 3.05) is 13.2 Å². The molecule has 3 nitrogen and oxygen atoms in total. The molecule has 0 fully saturated rings. The van der Waals surface area contributed by atoms with Crippen LogP contribution >= 0.6 is 0 Å². The minimum Gasteiger partial charge on any atom is -0.374 e. The summed E-state index contributed by atoms with van der Waals surface area (Å²) in [4.78, 5) is 0. The molecule has 0 spiro atoms. The molecule has 0 aliphatic rings. The molecule has 24 heavy (non-hydrogen) atoms. The van der Waals surface area contributed by atoms with Crippen molar-refractivity contribution in [3.8, 4) is 0 Å². The molecule has 1 atom stereocenters. The highest BCUT2D eigenvalue weighted by atomic mass is 28.4. The number of rotatable bonds is 9. The largest absolute Gasteiger partial charge is 0.501 e. The van der Waals surface area contributed by atoms with Crippen LogP contribution in [0.1, 0.15) is 45.8 Å². The summed E-state index contributed by atoms with van der Waals surface area (Å²) in [6.45, 7) is 6.90. The molecular weight excluding hydrogens is 351 g/mol. The van der Waals surface area contributed by atoms with Crippen molar-refractivity contribution in [1.82, 2.24) is 0 Å². The number of benzene rings is 1. The van der Waals surface area contributed by atoms with Crippen molar-refractivity contribution in [2.45, 2.75) is 46.3 Å². The monoisotopic (exact) mass is 372 g/mol. The van der Waals surface area contributed by atoms with Gasteiger partial charge in [0, 0.05) is 19.3 Å². The van der Waals surface area contributed by atoms with Gasteiger partial charge in [-0.15, -0.1) is 0 Å². The van der Waals surface area contributed by atoms with Crippen molar-refractivity contribution in [3.05, 3.63) is 34.6 Å². The van der Waals surface area contributed by atoms with Gasteiger partial charge in [-0.2, -0.15) is 0 Å². The highest BCUT2D eigenvalue weighted by Crippen LogP contribution is 2.33. The Morgan fingerprint density at radius 3 is 1.58 bits per heavy atom. The Bertz CT molecular complexity index is 525. The quantitative estimate of drug-likeness (QED) is 0.268. The maximum atomic E-state index is 13.9. The Balaban J connectivity index is 3.27. The topological polar surface area (TPSA) is 27.7 Å². The fourth-order valence-corrected chi connectivity index (χ4v) is 5.14. The van der Waals surface area contributed by atoms with Crippen molar-refractivity contribution >= 4 is 8.80 Å². The van der Waals surface area contributed by atoms with Gasteiger partial charge in [-0.25, -0.2) is 22.0 Å². The van der Waals surface area contributed by atoms with Crippen molar-refractivity contribution in [2.24, 2.45) is 0 Å². The molecule has 0 radical (unpaired) electrons. The van der Waals surface area contributed by atoms with Gasteiger partial charge >= 0.3 is 8.80 Å². The van der Waals surface area contributed by atoms with Crippen molar-refractivity contribution in [3.63, 3.8) is 0 Å². The van der Waals surface area contributed by atoms with Crippen LogP contribution in [0.25, 0.3) is 0 Å². The van der Waals surface area contributed by atoms with E-state index in [1.54, 1.807) is 13.8 Å². The molecule has 1 aromatic rings. The van der Waals surface area contributed by atoms with Gasteiger partial charge in [0.25, 0.3) is 0 Å². The van der Waals surface area contributed by atoms with Crippen molar-refractivity contribution < 1.29 is 35.2 Å². The van der Waals surface area contributed by atoms with Crippen LogP contribution in [0.3, 0.4) is 0 Å². The van der Waals surface area contributed by atoms with Gasteiger partial charge in [0.2, 0.25) is 5.82 Å². The molecule has 1 unspecified atom stereocenters. The summed E-state index contributed by atoms with van der Waals surface area (Å²) < 4.78 is 84.5. The van der Waals surface area contributed by atoms with E-state index in [4.69, 9.17) is 13.3 Å². The predicted molar refractivity (Wildman–Crippen MR) is 79.8 cm³/mol. The summed E-state index contributed by atoms with van der Waals surface area (Å²) in [6, 6.07) is 0.356. The highest BCUT2D eigenvalue weighted by molar-refractivity contribution is 6.60. The first-order chi connectivity index (χ1) is 11.2. The van der Waals surface area contributed by atoms with Crippen LogP contribution in [0.5, 0.6) is 0 Å². The summed E-state index contributed by atoms with van der Waals surface area (Å²) in [6.07, 6.45) is -0.818. The van der Waals surface area contributed by atoms with Crippen LogP contribution < -0.4 is 0 Å². The Labute approximate surface area is 139 Å². The normalized spacial score (nSPS) is 13.4. The first-order valence-electron chi connectivity index (χ1n) is 7.71. The Hall–Kier alpha value is -1.03. The van der Waals surface area contributed by atoms with Gasteiger partial charge in [-0.3, -0.25) is 0 Å². The van der Waals surface area contributed by atoms with Gasteiger partial charge in [0.15, 0.2) is 23.3 Å². The Morgan fingerprint density at radius 2 is 1.21 bits per heavy atom. The average molecular weight is 372 g/mol. The fraction of sp³-hybridized carbons (Fsp3) is 0.600. The molecule has 0 amide bonds.